The highest BCUT2D eigenvalue weighted by Crippen LogP contribution is 2.26. The Kier molecular flexibility index (Phi) is 2.90. The minimum absolute atomic E-state index is 0.0613. The lowest BCUT2D eigenvalue weighted by atomic mass is 10.1. The van der Waals surface area contributed by atoms with Crippen molar-refractivity contribution in [1.29, 1.82) is 0 Å². The lowest BCUT2D eigenvalue weighted by Gasteiger charge is -2.05. The van der Waals surface area contributed by atoms with E-state index in [-0.39, 0.29) is 16.8 Å². The predicted octanol–water partition coefficient (Wildman–Crippen LogP) is 2.97. The molecule has 0 amide bonds. The number of rotatable bonds is 2. The first-order chi connectivity index (χ1) is 11.2. The highest BCUT2D eigenvalue weighted by atomic mass is 19.1. The molecule has 0 spiro atoms. The Morgan fingerprint density at radius 2 is 2.04 bits per heavy atom. The van der Waals surface area contributed by atoms with E-state index in [0.717, 1.165) is 5.52 Å². The summed E-state index contributed by atoms with van der Waals surface area (Å²) in [5, 5.41) is 0. The van der Waals surface area contributed by atoms with Gasteiger partial charge in [-0.3, -0.25) is 9.36 Å². The van der Waals surface area contributed by atoms with Crippen LogP contribution >= 0.6 is 0 Å². The average molecular weight is 309 g/mol. The van der Waals surface area contributed by atoms with Gasteiger partial charge in [0.15, 0.2) is 5.82 Å². The van der Waals surface area contributed by atoms with Gasteiger partial charge in [0.05, 0.1) is 18.1 Å². The molecule has 2 heterocycles. The van der Waals surface area contributed by atoms with Crippen molar-refractivity contribution in [3.63, 3.8) is 0 Å². The van der Waals surface area contributed by atoms with E-state index in [1.54, 1.807) is 6.20 Å². The number of methoxy groups -OCH3 is 1. The Morgan fingerprint density at radius 1 is 1.22 bits per heavy atom. The molecule has 1 N–H and O–H groups in total. The SMILES string of the molecule is COc1ccc(F)c(-c2nc3c[nH]c4ccccc4n-3c2=O)c1. The van der Waals surface area contributed by atoms with E-state index in [9.17, 15) is 9.18 Å². The van der Waals surface area contributed by atoms with Gasteiger partial charge in [-0.2, -0.15) is 0 Å². The zero-order valence-electron chi connectivity index (χ0n) is 12.2. The fourth-order valence-corrected chi connectivity index (χ4v) is 2.67. The van der Waals surface area contributed by atoms with Gasteiger partial charge in [-0.15, -0.1) is 0 Å². The minimum Gasteiger partial charge on any atom is -0.497 e. The van der Waals surface area contributed by atoms with Gasteiger partial charge in [0, 0.05) is 11.8 Å². The first kappa shape index (κ1) is 13.5. The first-order valence-corrected chi connectivity index (χ1v) is 7.02. The fourth-order valence-electron chi connectivity index (χ4n) is 2.67. The zero-order valence-corrected chi connectivity index (χ0v) is 12.2. The van der Waals surface area contributed by atoms with Crippen molar-refractivity contribution in [2.75, 3.05) is 7.11 Å². The number of aromatic nitrogens is 3. The second-order valence-corrected chi connectivity index (χ2v) is 5.11. The highest BCUT2D eigenvalue weighted by molar-refractivity contribution is 5.78. The quantitative estimate of drug-likeness (QED) is 0.619. The Labute approximate surface area is 130 Å². The maximum Gasteiger partial charge on any atom is 0.283 e. The molecule has 0 aliphatic carbocycles. The van der Waals surface area contributed by atoms with Crippen LogP contribution in [-0.2, 0) is 0 Å². The van der Waals surface area contributed by atoms with Gasteiger partial charge >= 0.3 is 0 Å². The molecular weight excluding hydrogens is 297 g/mol. The van der Waals surface area contributed by atoms with Gasteiger partial charge in [-0.25, -0.2) is 9.37 Å². The summed E-state index contributed by atoms with van der Waals surface area (Å²) in [6.45, 7) is 0. The number of nitrogens with zero attached hydrogens (tertiary/aromatic N) is 2. The second kappa shape index (κ2) is 4.95. The van der Waals surface area contributed by atoms with Gasteiger partial charge in [0.1, 0.15) is 17.3 Å². The van der Waals surface area contributed by atoms with E-state index >= 15 is 0 Å². The Bertz CT molecular complexity index is 1050. The zero-order chi connectivity index (χ0) is 16.0. The lowest BCUT2D eigenvalue weighted by Crippen LogP contribution is -2.15. The number of aromatic amines is 1. The van der Waals surface area contributed by atoms with Crippen LogP contribution in [0.2, 0.25) is 0 Å². The molecule has 23 heavy (non-hydrogen) atoms. The highest BCUT2D eigenvalue weighted by Gasteiger charge is 2.20. The van der Waals surface area contributed by atoms with E-state index in [1.165, 1.54) is 29.9 Å². The molecule has 0 atom stereocenters. The lowest BCUT2D eigenvalue weighted by molar-refractivity contribution is 0.414. The number of nitrogens with one attached hydrogen (secondary N) is 1. The molecule has 0 aromatic heterocycles. The summed E-state index contributed by atoms with van der Waals surface area (Å²) in [4.78, 5) is 20.1. The van der Waals surface area contributed by atoms with Crippen LogP contribution in [-0.4, -0.2) is 21.6 Å². The van der Waals surface area contributed by atoms with Gasteiger partial charge in [-0.05, 0) is 30.3 Å². The van der Waals surface area contributed by atoms with Crippen molar-refractivity contribution in [2.24, 2.45) is 0 Å². The van der Waals surface area contributed by atoms with Crippen molar-refractivity contribution in [2.45, 2.75) is 0 Å². The third kappa shape index (κ3) is 1.99. The summed E-state index contributed by atoms with van der Waals surface area (Å²) in [5.74, 6) is 0.389. The molecule has 6 heteroatoms. The van der Waals surface area contributed by atoms with E-state index in [4.69, 9.17) is 4.74 Å². The fraction of sp³-hybridized carbons (Fsp3) is 0.0588. The van der Waals surface area contributed by atoms with E-state index in [2.05, 4.69) is 9.97 Å². The number of fused-ring (bicyclic) bond motifs is 3. The van der Waals surface area contributed by atoms with Crippen LogP contribution in [0.4, 0.5) is 4.39 Å². The smallest absolute Gasteiger partial charge is 0.283 e. The molecule has 0 saturated carbocycles. The van der Waals surface area contributed by atoms with Gasteiger partial charge in [0.2, 0.25) is 0 Å². The number of hydrogen-bond donors (Lipinski definition) is 1. The average Bonchev–Trinajstić information content (AvgIpc) is 2.92. The Balaban J connectivity index is 2.07. The van der Waals surface area contributed by atoms with Crippen molar-refractivity contribution < 1.29 is 9.13 Å². The van der Waals surface area contributed by atoms with Crippen LogP contribution in [0, 0.1) is 5.82 Å². The molecule has 2 aliphatic heterocycles. The summed E-state index contributed by atoms with van der Waals surface area (Å²) in [6.07, 6.45) is 1.63. The number of H-pyrrole nitrogens is 1. The molecule has 2 aromatic carbocycles. The molecule has 5 nitrogen and oxygen atoms in total. The van der Waals surface area contributed by atoms with E-state index in [0.29, 0.717) is 17.1 Å². The van der Waals surface area contributed by atoms with Crippen LogP contribution in [0.5, 0.6) is 5.75 Å². The standard InChI is InChI=1S/C17H12FN3O2/c1-23-10-6-7-12(18)11(8-10)16-17(22)21-14-5-3-2-4-13(14)19-9-15(21)20-16/h2-9,19H,1H3. The summed E-state index contributed by atoms with van der Waals surface area (Å²) < 4.78 is 20.7. The van der Waals surface area contributed by atoms with E-state index in [1.807, 2.05) is 24.3 Å². The molecule has 0 unspecified atom stereocenters. The van der Waals surface area contributed by atoms with Gasteiger partial charge in [-0.1, -0.05) is 12.1 Å². The number of ether oxygens (including phenoxy) is 1. The van der Waals surface area contributed by atoms with Gasteiger partial charge < -0.3 is 9.72 Å². The van der Waals surface area contributed by atoms with Crippen molar-refractivity contribution in [3.8, 4) is 22.8 Å². The molecule has 0 bridgehead atoms. The topological polar surface area (TPSA) is 59.9 Å². The number of para-hydroxylation sites is 2. The van der Waals surface area contributed by atoms with Crippen molar-refractivity contribution in [3.05, 3.63) is 64.8 Å². The number of benzene rings is 2. The monoisotopic (exact) mass is 309 g/mol. The predicted molar refractivity (Wildman–Crippen MR) is 84.8 cm³/mol. The second-order valence-electron chi connectivity index (χ2n) is 5.11. The Hall–Kier alpha value is -3.15. The molecule has 2 aliphatic rings. The summed E-state index contributed by atoms with van der Waals surface area (Å²) >= 11 is 0. The summed E-state index contributed by atoms with van der Waals surface area (Å²) in [5.41, 5.74) is 1.31. The molecule has 0 radical (unpaired) electrons. The molecular formula is C17H12FN3O2. The molecule has 114 valence electrons. The summed E-state index contributed by atoms with van der Waals surface area (Å²) in [7, 11) is 1.49. The third-order valence-electron chi connectivity index (χ3n) is 3.79. The van der Waals surface area contributed by atoms with Crippen LogP contribution in [0.15, 0.2) is 53.5 Å². The molecule has 4 rings (SSSR count). The largest absolute Gasteiger partial charge is 0.497 e. The van der Waals surface area contributed by atoms with Crippen LogP contribution in [0.25, 0.3) is 28.1 Å². The maximum atomic E-state index is 14.2. The van der Waals surface area contributed by atoms with Crippen LogP contribution in [0.3, 0.4) is 0 Å². The normalized spacial score (nSPS) is 11.2. The van der Waals surface area contributed by atoms with Crippen molar-refractivity contribution >= 4 is 11.0 Å². The van der Waals surface area contributed by atoms with Gasteiger partial charge in [0.25, 0.3) is 5.56 Å². The Morgan fingerprint density at radius 3 is 2.87 bits per heavy atom. The van der Waals surface area contributed by atoms with Crippen LogP contribution in [0.1, 0.15) is 0 Å². The van der Waals surface area contributed by atoms with Crippen molar-refractivity contribution in [1.82, 2.24) is 14.5 Å². The van der Waals surface area contributed by atoms with E-state index < -0.39 is 5.82 Å². The molecule has 0 saturated heterocycles. The minimum atomic E-state index is -0.514. The van der Waals surface area contributed by atoms with Crippen LogP contribution < -0.4 is 10.3 Å². The number of hydrogen-bond acceptors (Lipinski definition) is 3. The maximum absolute atomic E-state index is 14.2. The number of imidazole rings is 1. The summed E-state index contributed by atoms with van der Waals surface area (Å²) in [6, 6.07) is 11.6. The number of halogens is 1. The third-order valence-corrected chi connectivity index (χ3v) is 3.79. The molecule has 2 aromatic rings. The first-order valence-electron chi connectivity index (χ1n) is 7.02. The molecule has 0 fully saturated rings.